The lowest BCUT2D eigenvalue weighted by Gasteiger charge is -2.64. The summed E-state index contributed by atoms with van der Waals surface area (Å²) in [5.74, 6) is 2.08. The molecule has 0 aromatic carbocycles. The number of aliphatic hydroxyl groups is 2. The van der Waals surface area contributed by atoms with Crippen molar-refractivity contribution in [1.29, 1.82) is 0 Å². The van der Waals surface area contributed by atoms with Crippen LogP contribution in [0.4, 0.5) is 0 Å². The van der Waals surface area contributed by atoms with Crippen LogP contribution in [0.2, 0.25) is 18.1 Å². The van der Waals surface area contributed by atoms with Crippen LogP contribution in [0, 0.1) is 50.7 Å². The zero-order valence-corrected chi connectivity index (χ0v) is 29.7. The third-order valence-electron chi connectivity index (χ3n) is 15.5. The average molecular weight is 589 g/mol. The monoisotopic (exact) mass is 588 g/mol. The van der Waals surface area contributed by atoms with Gasteiger partial charge in [-0.05, 0) is 141 Å². The predicted octanol–water partition coefficient (Wildman–Crippen LogP) is 8.54. The van der Waals surface area contributed by atoms with Crippen molar-refractivity contribution in [3.8, 4) is 0 Å². The summed E-state index contributed by atoms with van der Waals surface area (Å²) >= 11 is 0. The van der Waals surface area contributed by atoms with Gasteiger partial charge in [0.05, 0.1) is 11.7 Å². The second kappa shape index (κ2) is 9.39. The minimum atomic E-state index is -1.83. The van der Waals surface area contributed by atoms with Crippen LogP contribution in [-0.4, -0.2) is 42.1 Å². The molecular formula is C36H64O4Si. The molecule has 0 amide bonds. The summed E-state index contributed by atoms with van der Waals surface area (Å²) in [5.41, 5.74) is 0.399. The fraction of sp³-hybridized carbons (Fsp3) is 0.972. The summed E-state index contributed by atoms with van der Waals surface area (Å²) in [6.07, 6.45) is 11.3. The van der Waals surface area contributed by atoms with Crippen molar-refractivity contribution >= 4 is 14.1 Å². The van der Waals surface area contributed by atoms with E-state index in [1.807, 2.05) is 0 Å². The number of fused-ring (bicyclic) bond motifs is 2. The van der Waals surface area contributed by atoms with Crippen molar-refractivity contribution in [2.24, 2.45) is 50.7 Å². The molecule has 0 aromatic heterocycles. The largest absolute Gasteiger partial charge is 0.413 e. The smallest absolute Gasteiger partial charge is 0.192 e. The van der Waals surface area contributed by atoms with Crippen molar-refractivity contribution in [2.75, 3.05) is 0 Å². The van der Waals surface area contributed by atoms with Crippen molar-refractivity contribution in [1.82, 2.24) is 0 Å². The van der Waals surface area contributed by atoms with Gasteiger partial charge in [-0.2, -0.15) is 0 Å². The first-order chi connectivity index (χ1) is 18.5. The highest BCUT2D eigenvalue weighted by Crippen LogP contribution is 2.89. The highest BCUT2D eigenvalue weighted by molar-refractivity contribution is 6.74. The molecule has 2 N–H and O–H groups in total. The number of aliphatic hydroxyl groups excluding tert-OH is 1. The molecule has 1 unspecified atom stereocenters. The van der Waals surface area contributed by atoms with Gasteiger partial charge in [0.1, 0.15) is 6.10 Å². The fourth-order valence-electron chi connectivity index (χ4n) is 12.0. The number of carbonyl (C=O) groups excluding carboxylic acids is 1. The van der Waals surface area contributed by atoms with E-state index in [2.05, 4.69) is 68.5 Å². The highest BCUT2D eigenvalue weighted by Gasteiger charge is 2.82. The van der Waals surface area contributed by atoms with Gasteiger partial charge in [0.15, 0.2) is 14.1 Å². The Balaban J connectivity index is 1.35. The predicted molar refractivity (Wildman–Crippen MR) is 170 cm³/mol. The lowest BCUT2D eigenvalue weighted by Crippen LogP contribution is -2.59. The van der Waals surface area contributed by atoms with Gasteiger partial charge in [-0.15, -0.1) is 0 Å². The van der Waals surface area contributed by atoms with Crippen LogP contribution in [0.25, 0.3) is 0 Å². The Hall–Kier alpha value is -0.233. The first-order valence-corrected chi connectivity index (χ1v) is 20.0. The van der Waals surface area contributed by atoms with Gasteiger partial charge in [0, 0.05) is 6.42 Å². The third kappa shape index (κ3) is 4.38. The minimum Gasteiger partial charge on any atom is -0.413 e. The summed E-state index contributed by atoms with van der Waals surface area (Å²) in [6, 6.07) is 0. The van der Waals surface area contributed by atoms with Crippen LogP contribution in [0.5, 0.6) is 0 Å². The Morgan fingerprint density at radius 2 is 1.46 bits per heavy atom. The summed E-state index contributed by atoms with van der Waals surface area (Å²) in [6.45, 7) is 27.6. The van der Waals surface area contributed by atoms with Crippen molar-refractivity contribution < 1.29 is 19.4 Å². The zero-order valence-electron chi connectivity index (χ0n) is 28.7. The molecule has 4 nitrogen and oxygen atoms in total. The number of ketones is 1. The molecular weight excluding hydrogens is 524 g/mol. The topological polar surface area (TPSA) is 66.8 Å². The van der Waals surface area contributed by atoms with Gasteiger partial charge in [-0.1, -0.05) is 55.4 Å². The van der Waals surface area contributed by atoms with Gasteiger partial charge < -0.3 is 14.6 Å². The van der Waals surface area contributed by atoms with Crippen LogP contribution < -0.4 is 0 Å². The number of Topliss-reactive ketones (excluding diaryl/α,β-unsaturated/α-hetero) is 1. The maximum atomic E-state index is 13.0. The summed E-state index contributed by atoms with van der Waals surface area (Å²) in [7, 11) is -1.83. The van der Waals surface area contributed by atoms with Gasteiger partial charge in [0.25, 0.3) is 0 Å². The van der Waals surface area contributed by atoms with Crippen LogP contribution in [0.1, 0.15) is 133 Å². The number of rotatable bonds is 7. The molecule has 0 radical (unpaired) electrons. The Labute approximate surface area is 253 Å². The Morgan fingerprint density at radius 3 is 2.05 bits per heavy atom. The molecule has 5 fully saturated rings. The molecule has 41 heavy (non-hydrogen) atoms. The quantitative estimate of drug-likeness (QED) is 0.293. The van der Waals surface area contributed by atoms with Crippen LogP contribution in [0.3, 0.4) is 0 Å². The SMILES string of the molecule is C[C@H](CC(=O)C(O)C(C)(C)O)[C@H]1CC[C@@]2(C)[C@@H]3CC[C@H]4C(C)(C)[C@@H](O[Si](C)(C)C(C)(C)C)CC[C@@]45C[C@@]35CC[C@]12C. The zero-order chi connectivity index (χ0) is 30.8. The molecule has 5 aliphatic carbocycles. The molecule has 0 aliphatic heterocycles. The van der Waals surface area contributed by atoms with Crippen molar-refractivity contribution in [3.05, 3.63) is 0 Å². The Morgan fingerprint density at radius 1 is 0.878 bits per heavy atom. The van der Waals surface area contributed by atoms with Gasteiger partial charge in [-0.25, -0.2) is 0 Å². The molecule has 5 aliphatic rings. The maximum Gasteiger partial charge on any atom is 0.192 e. The summed E-state index contributed by atoms with van der Waals surface area (Å²) in [5, 5.41) is 20.9. The second-order valence-electron chi connectivity index (χ2n) is 19.1. The van der Waals surface area contributed by atoms with Gasteiger partial charge >= 0.3 is 0 Å². The maximum absolute atomic E-state index is 13.0. The van der Waals surface area contributed by atoms with Gasteiger partial charge in [-0.3, -0.25) is 4.79 Å². The summed E-state index contributed by atoms with van der Waals surface area (Å²) < 4.78 is 7.20. The fourth-order valence-corrected chi connectivity index (χ4v) is 13.5. The van der Waals surface area contributed by atoms with Crippen molar-refractivity contribution in [2.45, 2.75) is 169 Å². The van der Waals surface area contributed by atoms with E-state index in [1.54, 1.807) is 0 Å². The molecule has 0 aromatic rings. The third-order valence-corrected chi connectivity index (χ3v) is 20.0. The van der Waals surface area contributed by atoms with E-state index in [1.165, 1.54) is 71.6 Å². The molecule has 2 spiro atoms. The van der Waals surface area contributed by atoms with E-state index >= 15 is 0 Å². The Bertz CT molecular complexity index is 1050. The standard InChI is InChI=1S/C36H64O4Si/c1-23(21-25(37)29(38)32(7,8)39)24-15-17-34(10)27-14-13-26-31(5,6)28(40-41(11,12)30(2,3)4)16-18-35(26)22-36(27,35)20-19-33(24,34)9/h23-24,26-29,38-39H,13-22H2,1-12H3/t23-,24-,26+,27+,28+,29?,33-,34+,35-,36+/m1/s1. The average Bonchev–Trinajstić information content (AvgIpc) is 3.41. The lowest BCUT2D eigenvalue weighted by molar-refractivity contribution is -0.160. The molecule has 5 rings (SSSR count). The number of hydrogen-bond acceptors (Lipinski definition) is 4. The normalized spacial score (nSPS) is 45.1. The van der Waals surface area contributed by atoms with Crippen LogP contribution in [0.15, 0.2) is 0 Å². The lowest BCUT2D eigenvalue weighted by atomic mass is 9.41. The Kier molecular flexibility index (Phi) is 7.37. The second-order valence-corrected chi connectivity index (χ2v) is 23.8. The molecule has 10 atom stereocenters. The molecule has 0 saturated heterocycles. The molecule has 236 valence electrons. The van der Waals surface area contributed by atoms with E-state index in [9.17, 15) is 15.0 Å². The van der Waals surface area contributed by atoms with E-state index in [-0.39, 0.29) is 27.6 Å². The molecule has 5 saturated carbocycles. The van der Waals surface area contributed by atoms with E-state index in [0.29, 0.717) is 34.7 Å². The first-order valence-electron chi connectivity index (χ1n) is 17.1. The van der Waals surface area contributed by atoms with Gasteiger partial charge in [0.2, 0.25) is 0 Å². The molecule has 0 heterocycles. The number of hydrogen-bond donors (Lipinski definition) is 2. The number of carbonyl (C=O) groups is 1. The van der Waals surface area contributed by atoms with Crippen LogP contribution in [-0.2, 0) is 9.22 Å². The highest BCUT2D eigenvalue weighted by atomic mass is 28.4. The van der Waals surface area contributed by atoms with E-state index < -0.39 is 20.0 Å². The van der Waals surface area contributed by atoms with E-state index in [0.717, 1.165) is 11.8 Å². The van der Waals surface area contributed by atoms with E-state index in [4.69, 9.17) is 4.43 Å². The van der Waals surface area contributed by atoms with Crippen LogP contribution >= 0.6 is 0 Å². The molecule has 0 bridgehead atoms. The summed E-state index contributed by atoms with van der Waals surface area (Å²) in [4.78, 5) is 13.0. The first kappa shape index (κ1) is 32.2. The molecule has 5 heteroatoms. The van der Waals surface area contributed by atoms with Crippen molar-refractivity contribution in [3.63, 3.8) is 0 Å². The minimum absolute atomic E-state index is 0.199.